The van der Waals surface area contributed by atoms with E-state index in [1.165, 1.54) is 17.0 Å². The zero-order valence-corrected chi connectivity index (χ0v) is 22.2. The molecule has 0 spiro atoms. The fourth-order valence-corrected chi connectivity index (χ4v) is 5.40. The van der Waals surface area contributed by atoms with E-state index in [-0.39, 0.29) is 23.8 Å². The van der Waals surface area contributed by atoms with Crippen molar-refractivity contribution < 1.29 is 27.5 Å². The van der Waals surface area contributed by atoms with Gasteiger partial charge in [0.1, 0.15) is 11.6 Å². The number of rotatable bonds is 7. The van der Waals surface area contributed by atoms with E-state index >= 15 is 0 Å². The van der Waals surface area contributed by atoms with Crippen molar-refractivity contribution in [3.8, 4) is 0 Å². The van der Waals surface area contributed by atoms with Crippen LogP contribution in [-0.4, -0.2) is 59.6 Å². The lowest BCUT2D eigenvalue weighted by Gasteiger charge is -2.32. The highest BCUT2D eigenvalue weighted by Crippen LogP contribution is 2.39. The van der Waals surface area contributed by atoms with Crippen molar-refractivity contribution >= 4 is 12.0 Å². The van der Waals surface area contributed by atoms with Crippen LogP contribution in [0.2, 0.25) is 0 Å². The van der Waals surface area contributed by atoms with E-state index in [9.17, 15) is 22.8 Å². The van der Waals surface area contributed by atoms with Crippen molar-refractivity contribution in [2.45, 2.75) is 84.3 Å². The standard InChI is InChI=1S/C27H40F3N3O3/c1-17(2)12-23(32(6)25(35)36-26(3,4)5)24(34)31-22-11-10-19-15-33(16-21(19)22)14-18-8-7-9-20(13-18)27(28,29)30/h7-9,13,17,19,21-23H,10-12,14-16H2,1-6H3,(H,31,34)/t19-,21+,22-,23-/m0/s1. The summed E-state index contributed by atoms with van der Waals surface area (Å²) < 4.78 is 44.7. The molecular formula is C27H40F3N3O3. The van der Waals surface area contributed by atoms with E-state index in [2.05, 4.69) is 10.2 Å². The van der Waals surface area contributed by atoms with Crippen molar-refractivity contribution in [3.63, 3.8) is 0 Å². The van der Waals surface area contributed by atoms with Gasteiger partial charge in [-0.05, 0) is 69.4 Å². The Morgan fingerprint density at radius 3 is 2.47 bits per heavy atom. The zero-order chi connectivity index (χ0) is 26.8. The van der Waals surface area contributed by atoms with Crippen LogP contribution in [0.1, 0.15) is 65.0 Å². The molecule has 0 bridgehead atoms. The van der Waals surface area contributed by atoms with Crippen LogP contribution < -0.4 is 5.32 Å². The number of nitrogens with one attached hydrogen (secondary N) is 1. The molecule has 0 unspecified atom stereocenters. The minimum absolute atomic E-state index is 0.0179. The first-order chi connectivity index (χ1) is 16.6. The van der Waals surface area contributed by atoms with Crippen LogP contribution >= 0.6 is 0 Å². The number of alkyl halides is 3. The van der Waals surface area contributed by atoms with Gasteiger partial charge in [-0.25, -0.2) is 4.79 Å². The van der Waals surface area contributed by atoms with Gasteiger partial charge in [-0.2, -0.15) is 13.2 Å². The summed E-state index contributed by atoms with van der Waals surface area (Å²) in [6, 6.07) is 4.84. The molecule has 2 fully saturated rings. The van der Waals surface area contributed by atoms with Gasteiger partial charge in [-0.15, -0.1) is 0 Å². The minimum atomic E-state index is -4.36. The van der Waals surface area contributed by atoms with Gasteiger partial charge in [0.25, 0.3) is 0 Å². The summed E-state index contributed by atoms with van der Waals surface area (Å²) >= 11 is 0. The molecule has 3 rings (SSSR count). The van der Waals surface area contributed by atoms with Gasteiger partial charge in [0, 0.05) is 32.7 Å². The Balaban J connectivity index is 1.63. The van der Waals surface area contributed by atoms with Crippen molar-refractivity contribution in [1.82, 2.24) is 15.1 Å². The smallest absolute Gasteiger partial charge is 0.416 e. The molecule has 9 heteroatoms. The highest BCUT2D eigenvalue weighted by Gasteiger charge is 2.44. The predicted molar refractivity (Wildman–Crippen MR) is 132 cm³/mol. The molecular weight excluding hydrogens is 471 g/mol. The van der Waals surface area contributed by atoms with Gasteiger partial charge in [-0.3, -0.25) is 14.6 Å². The number of likely N-dealkylation sites (tertiary alicyclic amines) is 1. The second-order valence-electron chi connectivity index (χ2n) is 11.7. The lowest BCUT2D eigenvalue weighted by Crippen LogP contribution is -2.52. The molecule has 4 atom stereocenters. The molecule has 2 amide bonds. The minimum Gasteiger partial charge on any atom is -0.444 e. The average Bonchev–Trinajstić information content (AvgIpc) is 3.30. The SMILES string of the molecule is CC(C)C[C@@H](C(=O)N[C@H]1CC[C@H]2CN(Cc3cccc(C(F)(F)F)c3)C[C@H]21)N(C)C(=O)OC(C)(C)C. The Morgan fingerprint density at radius 1 is 1.17 bits per heavy atom. The first kappa shape index (κ1) is 28.3. The van der Waals surface area contributed by atoms with Gasteiger partial charge in [0.2, 0.25) is 5.91 Å². The first-order valence-corrected chi connectivity index (χ1v) is 12.8. The van der Waals surface area contributed by atoms with Gasteiger partial charge in [-0.1, -0.05) is 32.0 Å². The third kappa shape index (κ3) is 7.37. The van der Waals surface area contributed by atoms with Crippen LogP contribution in [0.4, 0.5) is 18.0 Å². The number of hydrogen-bond donors (Lipinski definition) is 1. The molecule has 0 radical (unpaired) electrons. The molecule has 1 heterocycles. The molecule has 1 N–H and O–H groups in total. The average molecular weight is 512 g/mol. The highest BCUT2D eigenvalue weighted by molar-refractivity contribution is 5.86. The fourth-order valence-electron chi connectivity index (χ4n) is 5.40. The van der Waals surface area contributed by atoms with E-state index in [0.29, 0.717) is 24.4 Å². The maximum atomic E-state index is 13.4. The first-order valence-electron chi connectivity index (χ1n) is 12.8. The molecule has 1 aliphatic heterocycles. The molecule has 1 aromatic carbocycles. The quantitative estimate of drug-likeness (QED) is 0.539. The summed E-state index contributed by atoms with van der Waals surface area (Å²) in [5.74, 6) is 0.662. The van der Waals surface area contributed by atoms with E-state index in [1.54, 1.807) is 33.9 Å². The molecule has 36 heavy (non-hydrogen) atoms. The van der Waals surface area contributed by atoms with E-state index in [4.69, 9.17) is 4.74 Å². The summed E-state index contributed by atoms with van der Waals surface area (Å²) in [6.45, 7) is 11.4. The van der Waals surface area contributed by atoms with Crippen LogP contribution in [0.15, 0.2) is 24.3 Å². The predicted octanol–water partition coefficient (Wildman–Crippen LogP) is 5.31. The topological polar surface area (TPSA) is 61.9 Å². The number of hydrogen-bond acceptors (Lipinski definition) is 4. The summed E-state index contributed by atoms with van der Waals surface area (Å²) in [5, 5.41) is 3.20. The Hall–Kier alpha value is -2.29. The van der Waals surface area contributed by atoms with Gasteiger partial charge in [0.15, 0.2) is 0 Å². The number of carbonyl (C=O) groups excluding carboxylic acids is 2. The monoisotopic (exact) mass is 511 g/mol. The third-order valence-electron chi connectivity index (χ3n) is 7.07. The second kappa shape index (κ2) is 11.0. The molecule has 6 nitrogen and oxygen atoms in total. The maximum Gasteiger partial charge on any atom is 0.416 e. The maximum absolute atomic E-state index is 13.4. The van der Waals surface area contributed by atoms with Crippen molar-refractivity contribution in [2.75, 3.05) is 20.1 Å². The van der Waals surface area contributed by atoms with Gasteiger partial charge in [0.05, 0.1) is 5.56 Å². The molecule has 1 aromatic rings. The lowest BCUT2D eigenvalue weighted by molar-refractivity contribution is -0.137. The molecule has 1 saturated carbocycles. The zero-order valence-electron chi connectivity index (χ0n) is 22.2. The Kier molecular flexibility index (Phi) is 8.63. The highest BCUT2D eigenvalue weighted by atomic mass is 19.4. The number of ether oxygens (including phenoxy) is 1. The Bertz CT molecular complexity index is 929. The molecule has 1 saturated heterocycles. The second-order valence-corrected chi connectivity index (χ2v) is 11.7. The van der Waals surface area contributed by atoms with Crippen LogP contribution in [-0.2, 0) is 22.3 Å². The van der Waals surface area contributed by atoms with E-state index in [0.717, 1.165) is 32.0 Å². The Morgan fingerprint density at radius 2 is 1.86 bits per heavy atom. The largest absolute Gasteiger partial charge is 0.444 e. The third-order valence-corrected chi connectivity index (χ3v) is 7.07. The number of amides is 2. The number of likely N-dealkylation sites (N-methyl/N-ethyl adjacent to an activating group) is 1. The molecule has 1 aliphatic carbocycles. The van der Waals surface area contributed by atoms with Crippen LogP contribution in [0.25, 0.3) is 0 Å². The Labute approximate surface area is 212 Å². The summed E-state index contributed by atoms with van der Waals surface area (Å²) in [6.07, 6.45) is -2.54. The molecule has 0 aromatic heterocycles. The van der Waals surface area contributed by atoms with E-state index in [1.807, 2.05) is 13.8 Å². The van der Waals surface area contributed by atoms with Crippen LogP contribution in [0, 0.1) is 17.8 Å². The van der Waals surface area contributed by atoms with E-state index < -0.39 is 29.5 Å². The van der Waals surface area contributed by atoms with Crippen LogP contribution in [0.5, 0.6) is 0 Å². The number of benzene rings is 1. The normalized spacial score (nSPS) is 23.4. The summed E-state index contributed by atoms with van der Waals surface area (Å²) in [5.41, 5.74) is -0.647. The van der Waals surface area contributed by atoms with Crippen molar-refractivity contribution in [3.05, 3.63) is 35.4 Å². The number of carbonyl (C=O) groups is 2. The fraction of sp³-hybridized carbons (Fsp3) is 0.704. The van der Waals surface area contributed by atoms with Crippen molar-refractivity contribution in [1.29, 1.82) is 0 Å². The molecule has 202 valence electrons. The number of fused-ring (bicyclic) bond motifs is 1. The van der Waals surface area contributed by atoms with Crippen LogP contribution in [0.3, 0.4) is 0 Å². The lowest BCUT2D eigenvalue weighted by atomic mass is 9.96. The molecule has 2 aliphatic rings. The van der Waals surface area contributed by atoms with Gasteiger partial charge >= 0.3 is 12.3 Å². The van der Waals surface area contributed by atoms with Crippen molar-refractivity contribution in [2.24, 2.45) is 17.8 Å². The van der Waals surface area contributed by atoms with Gasteiger partial charge < -0.3 is 10.1 Å². The number of halogens is 3. The number of nitrogens with zero attached hydrogens (tertiary/aromatic N) is 2. The summed E-state index contributed by atoms with van der Waals surface area (Å²) in [4.78, 5) is 29.6. The summed E-state index contributed by atoms with van der Waals surface area (Å²) in [7, 11) is 1.60.